The van der Waals surface area contributed by atoms with Gasteiger partial charge in [0, 0.05) is 52.9 Å². The molecule has 0 unspecified atom stereocenters. The van der Waals surface area contributed by atoms with Gasteiger partial charge < -0.3 is 60.1 Å². The van der Waals surface area contributed by atoms with Crippen LogP contribution in [0.25, 0.3) is 21.3 Å². The van der Waals surface area contributed by atoms with E-state index >= 15 is 0 Å². The number of aromatic nitrogens is 5. The van der Waals surface area contributed by atoms with E-state index in [4.69, 9.17) is 33.8 Å². The number of anilines is 1. The minimum absolute atomic E-state index is 0.250. The molecule has 0 aliphatic rings. The van der Waals surface area contributed by atoms with E-state index in [0.717, 1.165) is 57.7 Å². The molecule has 4 aromatic heterocycles. The van der Waals surface area contributed by atoms with Crippen LogP contribution in [0, 0.1) is 20.8 Å². The Morgan fingerprint density at radius 3 is 2.05 bits per heavy atom. The lowest BCUT2D eigenvalue weighted by atomic mass is 10.2. The van der Waals surface area contributed by atoms with Crippen molar-refractivity contribution < 1.29 is 42.3 Å². The smallest absolute Gasteiger partial charge is 0.248 e. The Morgan fingerprint density at radius 2 is 1.56 bits per heavy atom. The van der Waals surface area contributed by atoms with E-state index in [0.29, 0.717) is 83.8 Å². The summed E-state index contributed by atoms with van der Waals surface area (Å²) in [5, 5.41) is 5.90. The fraction of sp³-hybridized carbons (Fsp3) is 0.400. The van der Waals surface area contributed by atoms with Gasteiger partial charge in [-0.3, -0.25) is 19.2 Å². The highest BCUT2D eigenvalue weighted by molar-refractivity contribution is 7.16. The second kappa shape index (κ2) is 31.0. The van der Waals surface area contributed by atoms with E-state index < -0.39 is 5.91 Å². The Morgan fingerprint density at radius 1 is 0.909 bits per heavy atom. The Balaban J connectivity index is 0.000000676. The molecule has 0 spiro atoms. The highest BCUT2D eigenvalue weighted by Gasteiger charge is 2.17. The molecule has 21 heteroatoms. The van der Waals surface area contributed by atoms with Gasteiger partial charge in [0.2, 0.25) is 24.2 Å². The van der Waals surface area contributed by atoms with Crippen molar-refractivity contribution in [2.24, 2.45) is 22.2 Å². The largest absolute Gasteiger partial charge is 0.494 e. The number of carbonyl (C=O) groups is 5. The molecule has 0 saturated carbocycles. The lowest BCUT2D eigenvalue weighted by molar-refractivity contribution is -0.116. The highest BCUT2D eigenvalue weighted by atomic mass is 32.1. The van der Waals surface area contributed by atoms with E-state index in [-0.39, 0.29) is 12.3 Å². The lowest BCUT2D eigenvalue weighted by Crippen LogP contribution is -2.16. The molecule has 0 saturated heterocycles. The van der Waals surface area contributed by atoms with Gasteiger partial charge in [-0.25, -0.2) is 15.0 Å². The maximum absolute atomic E-state index is 11.9. The second-order valence-electron chi connectivity index (χ2n) is 13.4. The summed E-state index contributed by atoms with van der Waals surface area (Å²) in [4.78, 5) is 70.7. The Kier molecular flexibility index (Phi) is 26.8. The molecule has 4 heterocycles. The molecule has 6 rings (SSSR count). The predicted molar refractivity (Wildman–Crippen MR) is 257 cm³/mol. The summed E-state index contributed by atoms with van der Waals surface area (Å²) in [5.74, 6) is 2.62. The number of fused-ring (bicyclic) bond motifs is 2. The van der Waals surface area contributed by atoms with Crippen molar-refractivity contribution in [1.29, 1.82) is 0 Å². The van der Waals surface area contributed by atoms with Crippen molar-refractivity contribution in [2.75, 3.05) is 47.2 Å². The van der Waals surface area contributed by atoms with Crippen molar-refractivity contribution in [3.63, 3.8) is 0 Å². The predicted octanol–water partition coefficient (Wildman–Crippen LogP) is 4.99. The standard InChI is InChI=1S/C28H32N6O5S.C7H9NO2.C6H9NO.C2H7N.CH3NO.CH5N/c1-17-13-20-24(22(14-17)39-12-8-7-11-35)33(27(30-3)32-20)9-5-6-10-34-25-21(38-4)15-19(26(29)37)16-23(25)40-28(34)31-18(2)36;1-3-6-7(4-9)10-5(2)8-6;1-3-6-4-8-5(2)7-6;1-3-2;2-1-3;1-2/h5-6,11,13-16H,7-10,12H2,1-4H3,(H2,29,37)(H,30,32);4H,3H2,1-2H3;4H,3H2,1-2H3;3H,1-2H3;1H,(H2,2,3);2H2,1H3/b6-5+,31-28?;;;;;. The zero-order valence-corrected chi connectivity index (χ0v) is 40.5. The summed E-state index contributed by atoms with van der Waals surface area (Å²) in [6.45, 7) is 12.3. The quantitative estimate of drug-likeness (QED) is 0.0515. The number of hydrogen-bond donors (Lipinski definition) is 5. The van der Waals surface area contributed by atoms with E-state index in [1.807, 2.05) is 75.3 Å². The molecule has 0 radical (unpaired) electrons. The summed E-state index contributed by atoms with van der Waals surface area (Å²) in [7, 11) is 8.58. The van der Waals surface area contributed by atoms with E-state index in [1.165, 1.54) is 32.4 Å². The van der Waals surface area contributed by atoms with Gasteiger partial charge in [-0.1, -0.05) is 37.3 Å². The lowest BCUT2D eigenvalue weighted by Gasteiger charge is -2.12. The van der Waals surface area contributed by atoms with Crippen LogP contribution in [-0.4, -0.2) is 96.8 Å². The van der Waals surface area contributed by atoms with Gasteiger partial charge >= 0.3 is 0 Å². The zero-order chi connectivity index (χ0) is 49.8. The second-order valence-corrected chi connectivity index (χ2v) is 14.4. The number of nitrogens with one attached hydrogen (secondary N) is 2. The number of allylic oxidation sites excluding steroid dienone is 2. The first kappa shape index (κ1) is 57.0. The number of oxazole rings is 2. The first-order chi connectivity index (χ1) is 31.7. The topological polar surface area (TPSA) is 293 Å². The number of methoxy groups -OCH3 is 1. The van der Waals surface area contributed by atoms with Crippen LogP contribution in [0.5, 0.6) is 11.5 Å². The molecule has 3 amide bonds. The molecule has 0 atom stereocenters. The Bertz CT molecular complexity index is 2550. The number of amides is 3. The minimum Gasteiger partial charge on any atom is -0.494 e. The van der Waals surface area contributed by atoms with Gasteiger partial charge in [-0.15, -0.1) is 0 Å². The number of aldehydes is 2. The molecule has 0 aliphatic carbocycles. The van der Waals surface area contributed by atoms with Crippen LogP contribution in [0.3, 0.4) is 0 Å². The molecule has 360 valence electrons. The van der Waals surface area contributed by atoms with Crippen LogP contribution < -0.4 is 42.1 Å². The highest BCUT2D eigenvalue weighted by Crippen LogP contribution is 2.32. The van der Waals surface area contributed by atoms with Crippen LogP contribution in [0.4, 0.5) is 5.95 Å². The van der Waals surface area contributed by atoms with Crippen molar-refractivity contribution in [3.05, 3.63) is 87.5 Å². The zero-order valence-electron chi connectivity index (χ0n) is 39.7. The fourth-order valence-electron chi connectivity index (χ4n) is 5.81. The van der Waals surface area contributed by atoms with Crippen molar-refractivity contribution in [2.45, 2.75) is 80.3 Å². The van der Waals surface area contributed by atoms with Crippen molar-refractivity contribution in [3.8, 4) is 11.5 Å². The Hall–Kier alpha value is -6.97. The first-order valence-electron chi connectivity index (χ1n) is 20.8. The number of aryl methyl sites for hydroxylation is 5. The third-order valence-corrected chi connectivity index (χ3v) is 9.47. The number of primary amides is 2. The number of rotatable bonds is 15. The summed E-state index contributed by atoms with van der Waals surface area (Å²) >= 11 is 1.28. The summed E-state index contributed by atoms with van der Waals surface area (Å²) in [6, 6.07) is 7.24. The summed E-state index contributed by atoms with van der Waals surface area (Å²) < 4.78 is 26.2. The molecular formula is C45H65N11O9S. The van der Waals surface area contributed by atoms with Gasteiger partial charge in [-0.05, 0) is 77.2 Å². The van der Waals surface area contributed by atoms with Crippen molar-refractivity contribution >= 4 is 69.3 Å². The number of benzene rings is 2. The van der Waals surface area contributed by atoms with Gasteiger partial charge in [0.15, 0.2) is 28.6 Å². The average Bonchev–Trinajstić information content (AvgIpc) is 4.08. The number of nitrogens with zero attached hydrogens (tertiary/aromatic N) is 6. The minimum atomic E-state index is -0.569. The normalized spacial score (nSPS) is 10.5. The van der Waals surface area contributed by atoms with Gasteiger partial charge in [0.05, 0.1) is 35.3 Å². The molecule has 66 heavy (non-hydrogen) atoms. The van der Waals surface area contributed by atoms with Gasteiger partial charge in [0.1, 0.15) is 35.1 Å². The van der Waals surface area contributed by atoms with Crippen LogP contribution in [0.15, 0.2) is 56.5 Å². The van der Waals surface area contributed by atoms with E-state index in [9.17, 15) is 19.2 Å². The van der Waals surface area contributed by atoms with Gasteiger partial charge in [0.25, 0.3) is 0 Å². The number of hydrogen-bond acceptors (Lipinski definition) is 16. The first-order valence-corrected chi connectivity index (χ1v) is 21.6. The third kappa shape index (κ3) is 17.5. The van der Waals surface area contributed by atoms with Crippen LogP contribution in [0.2, 0.25) is 0 Å². The Labute approximate surface area is 388 Å². The average molecular weight is 936 g/mol. The number of ether oxygens (including phenoxy) is 2. The molecule has 20 nitrogen and oxygen atoms in total. The molecule has 0 bridgehead atoms. The number of unbranched alkanes of at least 4 members (excludes halogenated alkanes) is 1. The molecule has 8 N–H and O–H groups in total. The maximum atomic E-state index is 11.9. The molecule has 2 aromatic carbocycles. The maximum Gasteiger partial charge on any atom is 0.248 e. The third-order valence-electron chi connectivity index (χ3n) is 8.45. The molecular weight excluding hydrogens is 871 g/mol. The molecule has 0 aliphatic heterocycles. The monoisotopic (exact) mass is 935 g/mol. The summed E-state index contributed by atoms with van der Waals surface area (Å²) in [6.07, 6.45) is 10.3. The van der Waals surface area contributed by atoms with Crippen molar-refractivity contribution in [1.82, 2.24) is 29.4 Å². The number of imidazole rings is 1. The van der Waals surface area contributed by atoms with E-state index in [2.05, 4.69) is 44.0 Å². The van der Waals surface area contributed by atoms with Gasteiger partial charge in [-0.2, -0.15) is 4.99 Å². The number of nitrogens with two attached hydrogens (primary N) is 3. The van der Waals surface area contributed by atoms with E-state index in [1.54, 1.807) is 25.3 Å². The SMILES string of the molecule is CCc1coc(C)n1.CCc1nc(C)oc1C=O.CN.CNC.CNc1nc2cc(C)cc(OCCCC=O)c2n1C/C=C/Cn1c(=NC(C)=O)sc2cc(C(N)=O)cc(OC)c21.NC=O. The number of thiazole rings is 1. The fourth-order valence-corrected chi connectivity index (χ4v) is 6.95. The van der Waals surface area contributed by atoms with Crippen LogP contribution in [0.1, 0.15) is 83.3 Å². The summed E-state index contributed by atoms with van der Waals surface area (Å²) in [5.41, 5.74) is 19.7. The van der Waals surface area contributed by atoms with Crippen LogP contribution in [-0.2, 0) is 40.3 Å². The molecule has 6 aromatic rings. The number of carbonyl (C=O) groups excluding carboxylic acids is 5. The molecule has 0 fully saturated rings. The van der Waals surface area contributed by atoms with Crippen LogP contribution >= 0.6 is 11.3 Å².